The summed E-state index contributed by atoms with van der Waals surface area (Å²) < 4.78 is 2.56. The molecule has 2 unspecified atom stereocenters. The second-order valence-electron chi connectivity index (χ2n) is 12.4. The summed E-state index contributed by atoms with van der Waals surface area (Å²) in [6.07, 6.45) is 8.89. The van der Waals surface area contributed by atoms with Gasteiger partial charge in [0.25, 0.3) is 0 Å². The van der Waals surface area contributed by atoms with Gasteiger partial charge in [0.1, 0.15) is 6.04 Å². The van der Waals surface area contributed by atoms with E-state index >= 15 is 0 Å². The van der Waals surface area contributed by atoms with Gasteiger partial charge in [-0.3, -0.25) is 4.99 Å². The summed E-state index contributed by atoms with van der Waals surface area (Å²) in [5.41, 5.74) is 9.45. The van der Waals surface area contributed by atoms with Crippen molar-refractivity contribution in [3.8, 4) is 22.5 Å². The summed E-state index contributed by atoms with van der Waals surface area (Å²) in [7, 11) is 0. The van der Waals surface area contributed by atoms with E-state index in [2.05, 4.69) is 146 Å². The third kappa shape index (κ3) is 4.29. The SMILES string of the molecule is C1=CC2C=Cc3ccc(-c4ccccc4)nc3C2N=C1c1cccc(-c2nc3cc4ccccc4cc3c3sc4ccccc4c23)c1. The van der Waals surface area contributed by atoms with Crippen molar-refractivity contribution in [1.82, 2.24) is 9.97 Å². The van der Waals surface area contributed by atoms with Crippen LogP contribution in [0.15, 0.2) is 151 Å². The molecule has 5 aromatic carbocycles. The maximum atomic E-state index is 5.40. The van der Waals surface area contributed by atoms with Crippen LogP contribution in [0.4, 0.5) is 0 Å². The van der Waals surface area contributed by atoms with Crippen LogP contribution in [0.5, 0.6) is 0 Å². The smallest absolute Gasteiger partial charge is 0.103 e. The highest BCUT2D eigenvalue weighted by Gasteiger charge is 2.29. The van der Waals surface area contributed by atoms with E-state index in [1.165, 1.54) is 36.3 Å². The van der Waals surface area contributed by atoms with E-state index in [4.69, 9.17) is 15.0 Å². The Hall–Kier alpha value is -5.71. The molecule has 10 rings (SSSR count). The quantitative estimate of drug-likeness (QED) is 0.185. The van der Waals surface area contributed by atoms with Gasteiger partial charge in [-0.25, -0.2) is 9.97 Å². The Labute approximate surface area is 275 Å². The van der Waals surface area contributed by atoms with Gasteiger partial charge in [0.15, 0.2) is 0 Å². The Balaban J connectivity index is 1.12. The molecule has 0 amide bonds. The molecule has 4 heterocycles. The number of aromatic nitrogens is 2. The number of nitrogens with zero attached hydrogens (tertiary/aromatic N) is 3. The summed E-state index contributed by atoms with van der Waals surface area (Å²) in [4.78, 5) is 15.9. The third-order valence-corrected chi connectivity index (χ3v) is 10.7. The molecule has 0 saturated carbocycles. The molecule has 0 spiro atoms. The van der Waals surface area contributed by atoms with Crippen LogP contribution in [-0.2, 0) is 0 Å². The summed E-state index contributed by atoms with van der Waals surface area (Å²) >= 11 is 1.86. The average Bonchev–Trinajstić information content (AvgIpc) is 3.54. The first-order valence-corrected chi connectivity index (χ1v) is 16.8. The molecule has 1 aliphatic heterocycles. The Morgan fingerprint density at radius 3 is 2.26 bits per heavy atom. The van der Waals surface area contributed by atoms with Crippen molar-refractivity contribution in [2.45, 2.75) is 6.04 Å². The van der Waals surface area contributed by atoms with E-state index in [9.17, 15) is 0 Å². The third-order valence-electron chi connectivity index (χ3n) is 9.53. The van der Waals surface area contributed by atoms with Crippen molar-refractivity contribution >= 4 is 65.0 Å². The molecule has 4 heteroatoms. The summed E-state index contributed by atoms with van der Waals surface area (Å²) in [6.45, 7) is 0. The standard InChI is InChI=1S/C43H27N3S/c1-2-9-26(10-3-1)35-21-19-27-17-18-28-20-22-36(45-42(28)41(27)44-35)31-13-8-14-32(23-31)40-39-33-15-6-7-16-38(33)47-43(39)34-24-29-11-4-5-12-30(29)25-37(34)46-40/h1-25,28,42H. The highest BCUT2D eigenvalue weighted by Crippen LogP contribution is 2.44. The number of fused-ring (bicyclic) bond motifs is 9. The lowest BCUT2D eigenvalue weighted by atomic mass is 9.85. The number of benzene rings is 5. The lowest BCUT2D eigenvalue weighted by Gasteiger charge is -2.28. The number of hydrogen-bond donors (Lipinski definition) is 0. The number of rotatable bonds is 3. The summed E-state index contributed by atoms with van der Waals surface area (Å²) in [5, 5.41) is 6.11. The molecule has 220 valence electrons. The molecule has 1 aliphatic carbocycles. The molecule has 3 aromatic heterocycles. The van der Waals surface area contributed by atoms with Crippen molar-refractivity contribution in [2.75, 3.05) is 0 Å². The minimum absolute atomic E-state index is 0.0677. The van der Waals surface area contributed by atoms with Crippen molar-refractivity contribution in [3.05, 3.63) is 162 Å². The molecular formula is C43H27N3S. The number of dihydropyridines is 1. The van der Waals surface area contributed by atoms with Gasteiger partial charge < -0.3 is 0 Å². The number of thiophene rings is 1. The topological polar surface area (TPSA) is 38.1 Å². The van der Waals surface area contributed by atoms with E-state index in [0.717, 1.165) is 50.6 Å². The highest BCUT2D eigenvalue weighted by atomic mass is 32.1. The molecule has 47 heavy (non-hydrogen) atoms. The Morgan fingerprint density at radius 2 is 1.34 bits per heavy atom. The average molecular weight is 618 g/mol. The van der Waals surface area contributed by atoms with Crippen molar-refractivity contribution in [2.24, 2.45) is 10.9 Å². The van der Waals surface area contributed by atoms with E-state index in [-0.39, 0.29) is 12.0 Å². The summed E-state index contributed by atoms with van der Waals surface area (Å²) in [5.74, 6) is 0.182. The fourth-order valence-electron chi connectivity index (χ4n) is 7.20. The molecule has 2 atom stereocenters. The second kappa shape index (κ2) is 10.4. The normalized spacial score (nSPS) is 16.9. The zero-order valence-corrected chi connectivity index (χ0v) is 26.2. The molecule has 3 nitrogen and oxygen atoms in total. The van der Waals surface area contributed by atoms with Crippen LogP contribution in [-0.4, -0.2) is 15.7 Å². The number of aliphatic imine (C=N–C) groups is 1. The summed E-state index contributed by atoms with van der Waals surface area (Å²) in [6, 6.07) is 45.2. The van der Waals surface area contributed by atoms with Gasteiger partial charge >= 0.3 is 0 Å². The Bertz CT molecular complexity index is 2640. The van der Waals surface area contributed by atoms with Crippen LogP contribution in [0, 0.1) is 5.92 Å². The first kappa shape index (κ1) is 26.5. The van der Waals surface area contributed by atoms with Gasteiger partial charge in [-0.05, 0) is 52.7 Å². The molecule has 0 N–H and O–H groups in total. The molecule has 0 radical (unpaired) electrons. The zero-order chi connectivity index (χ0) is 30.9. The van der Waals surface area contributed by atoms with Gasteiger partial charge in [0.05, 0.1) is 28.3 Å². The maximum absolute atomic E-state index is 5.40. The second-order valence-corrected chi connectivity index (χ2v) is 13.4. The first-order chi connectivity index (χ1) is 23.3. The van der Waals surface area contributed by atoms with E-state index in [1.807, 2.05) is 17.4 Å². The van der Waals surface area contributed by atoms with Crippen molar-refractivity contribution in [1.29, 1.82) is 0 Å². The number of pyridine rings is 2. The van der Waals surface area contributed by atoms with Gasteiger partial charge in [0, 0.05) is 48.2 Å². The number of hydrogen-bond acceptors (Lipinski definition) is 4. The van der Waals surface area contributed by atoms with Crippen LogP contribution in [0.25, 0.3) is 70.4 Å². The maximum Gasteiger partial charge on any atom is 0.103 e. The van der Waals surface area contributed by atoms with Crippen molar-refractivity contribution < 1.29 is 0 Å². The van der Waals surface area contributed by atoms with Gasteiger partial charge in [-0.1, -0.05) is 115 Å². The van der Waals surface area contributed by atoms with Crippen LogP contribution in [0.1, 0.15) is 22.9 Å². The molecule has 0 fully saturated rings. The molecule has 8 aromatic rings. The minimum Gasteiger partial charge on any atom is -0.274 e. The first-order valence-electron chi connectivity index (χ1n) is 16.0. The number of allylic oxidation sites excluding steroid dienone is 1. The van der Waals surface area contributed by atoms with Crippen LogP contribution in [0.3, 0.4) is 0 Å². The fourth-order valence-corrected chi connectivity index (χ4v) is 8.43. The van der Waals surface area contributed by atoms with E-state index in [0.29, 0.717) is 0 Å². The predicted molar refractivity (Wildman–Crippen MR) is 198 cm³/mol. The Kier molecular flexibility index (Phi) is 5.87. The lowest BCUT2D eigenvalue weighted by molar-refractivity contribution is 0.592. The fraction of sp³-hybridized carbons (Fsp3) is 0.0465. The van der Waals surface area contributed by atoms with Gasteiger partial charge in [0.2, 0.25) is 0 Å². The highest BCUT2D eigenvalue weighted by molar-refractivity contribution is 7.26. The van der Waals surface area contributed by atoms with Crippen LogP contribution in [0.2, 0.25) is 0 Å². The van der Waals surface area contributed by atoms with Gasteiger partial charge in [-0.15, -0.1) is 11.3 Å². The molecular weight excluding hydrogens is 591 g/mol. The Morgan fingerprint density at radius 1 is 0.574 bits per heavy atom. The minimum atomic E-state index is -0.0677. The molecule has 0 saturated heterocycles. The molecule has 2 aliphatic rings. The van der Waals surface area contributed by atoms with Gasteiger partial charge in [-0.2, -0.15) is 0 Å². The lowest BCUT2D eigenvalue weighted by Crippen LogP contribution is -2.19. The van der Waals surface area contributed by atoms with Crippen LogP contribution >= 0.6 is 11.3 Å². The monoisotopic (exact) mass is 617 g/mol. The predicted octanol–water partition coefficient (Wildman–Crippen LogP) is 11.2. The van der Waals surface area contributed by atoms with E-state index in [1.54, 1.807) is 0 Å². The molecule has 0 bridgehead atoms. The van der Waals surface area contributed by atoms with Crippen molar-refractivity contribution in [3.63, 3.8) is 0 Å². The zero-order valence-electron chi connectivity index (χ0n) is 25.3. The van der Waals surface area contributed by atoms with E-state index < -0.39 is 0 Å². The van der Waals surface area contributed by atoms with Crippen LogP contribution < -0.4 is 0 Å². The largest absolute Gasteiger partial charge is 0.274 e.